The highest BCUT2D eigenvalue weighted by Gasteiger charge is 2.25. The van der Waals surface area contributed by atoms with Gasteiger partial charge in [-0.15, -0.1) is 0 Å². The molecular weight excluding hydrogens is 629 g/mol. The van der Waals surface area contributed by atoms with Gasteiger partial charge >= 0.3 is 19.8 Å². The summed E-state index contributed by atoms with van der Waals surface area (Å²) in [5.74, 6) is -0.936. The Balaban J connectivity index is 4.33. The van der Waals surface area contributed by atoms with Crippen molar-refractivity contribution in [3.63, 3.8) is 0 Å². The van der Waals surface area contributed by atoms with Crippen molar-refractivity contribution in [1.29, 1.82) is 0 Å². The molecule has 0 rings (SSSR count). The molecule has 0 aliphatic rings. The van der Waals surface area contributed by atoms with E-state index in [4.69, 9.17) is 24.3 Å². The van der Waals surface area contributed by atoms with Gasteiger partial charge in [0, 0.05) is 19.4 Å². The second-order valence-electron chi connectivity index (χ2n) is 11.7. The fourth-order valence-corrected chi connectivity index (χ4v) is 5.20. The summed E-state index contributed by atoms with van der Waals surface area (Å²) in [7, 11) is -4.38. The number of nitrogens with two attached hydrogens (primary N) is 1. The lowest BCUT2D eigenvalue weighted by Gasteiger charge is -2.19. The van der Waals surface area contributed by atoms with E-state index >= 15 is 0 Å². The molecule has 2 atom stereocenters. The molecule has 0 radical (unpaired) electrons. The molecule has 1 unspecified atom stereocenters. The number of rotatable bonds is 33. The van der Waals surface area contributed by atoms with E-state index in [1.807, 2.05) is 12.2 Å². The molecule has 0 bridgehead atoms. The molecule has 0 amide bonds. The lowest BCUT2D eigenvalue weighted by atomic mass is 10.1. The number of carbonyl (C=O) groups excluding carboxylic acids is 2. The van der Waals surface area contributed by atoms with Gasteiger partial charge in [-0.05, 0) is 51.4 Å². The van der Waals surface area contributed by atoms with Crippen LogP contribution in [0.5, 0.6) is 0 Å². The maximum atomic E-state index is 12.4. The van der Waals surface area contributed by atoms with Crippen LogP contribution in [0, 0.1) is 0 Å². The van der Waals surface area contributed by atoms with Gasteiger partial charge in [-0.3, -0.25) is 18.6 Å². The second-order valence-corrected chi connectivity index (χ2v) is 13.2. The van der Waals surface area contributed by atoms with Crippen LogP contribution < -0.4 is 5.73 Å². The van der Waals surface area contributed by atoms with Crippen LogP contribution in [-0.2, 0) is 32.7 Å². The molecule has 0 aromatic rings. The SMILES string of the molecule is CCCCC/C=C/C/C=C/C/C=C/C/C=C/C/C=C/CCC(=O)OC[C@@H](COP(=O)(O)OCCN)OC(=O)CCCCCCCCCC. The predicted molar refractivity (Wildman–Crippen MR) is 196 cm³/mol. The molecule has 0 saturated carbocycles. The van der Waals surface area contributed by atoms with E-state index in [9.17, 15) is 19.0 Å². The standard InChI is InChI=1S/C38H66NO8P/c1-3-5-7-9-11-13-14-15-16-17-18-19-20-21-22-23-25-26-28-30-37(40)44-34-36(35-46-48(42,43)45-33-32-39)47-38(41)31-29-27-24-12-10-8-6-4-2/h11,13,15-16,18-19,21-22,25-26,36H,3-10,12,14,17,20,23-24,27-35,39H2,1-2H3,(H,42,43)/b13-11+,16-15+,19-18+,22-21+,26-25+/t36-/m0/s1. The second kappa shape index (κ2) is 34.6. The van der Waals surface area contributed by atoms with Crippen molar-refractivity contribution in [1.82, 2.24) is 0 Å². The van der Waals surface area contributed by atoms with Crippen molar-refractivity contribution in [2.45, 2.75) is 142 Å². The van der Waals surface area contributed by atoms with Gasteiger partial charge in [-0.1, -0.05) is 132 Å². The van der Waals surface area contributed by atoms with Crippen molar-refractivity contribution < 1.29 is 37.6 Å². The summed E-state index contributed by atoms with van der Waals surface area (Å²) >= 11 is 0. The minimum atomic E-state index is -4.38. The highest BCUT2D eigenvalue weighted by atomic mass is 31.2. The van der Waals surface area contributed by atoms with Gasteiger partial charge < -0.3 is 20.1 Å². The fraction of sp³-hybridized carbons (Fsp3) is 0.684. The lowest BCUT2D eigenvalue weighted by molar-refractivity contribution is -0.161. The van der Waals surface area contributed by atoms with Crippen molar-refractivity contribution in [2.75, 3.05) is 26.4 Å². The zero-order valence-corrected chi connectivity index (χ0v) is 30.8. The summed E-state index contributed by atoms with van der Waals surface area (Å²) in [6.07, 6.45) is 38.5. The maximum absolute atomic E-state index is 12.4. The molecule has 3 N–H and O–H groups in total. The quantitative estimate of drug-likeness (QED) is 0.0298. The Kier molecular flexibility index (Phi) is 32.9. The molecule has 48 heavy (non-hydrogen) atoms. The Hall–Kier alpha value is -2.29. The summed E-state index contributed by atoms with van der Waals surface area (Å²) in [4.78, 5) is 34.5. The minimum absolute atomic E-state index is 0.0422. The van der Waals surface area contributed by atoms with E-state index in [2.05, 4.69) is 62.5 Å². The molecule has 0 spiro atoms. The summed E-state index contributed by atoms with van der Waals surface area (Å²) in [5.41, 5.74) is 5.31. The van der Waals surface area contributed by atoms with Crippen LogP contribution in [0.2, 0.25) is 0 Å². The van der Waals surface area contributed by atoms with Gasteiger partial charge in [-0.25, -0.2) is 4.57 Å². The molecule has 0 heterocycles. The van der Waals surface area contributed by atoms with Crippen LogP contribution in [0.4, 0.5) is 0 Å². The molecule has 10 heteroatoms. The lowest BCUT2D eigenvalue weighted by Crippen LogP contribution is -2.29. The maximum Gasteiger partial charge on any atom is 0.472 e. The Morgan fingerprint density at radius 3 is 1.69 bits per heavy atom. The van der Waals surface area contributed by atoms with E-state index in [1.54, 1.807) is 0 Å². The van der Waals surface area contributed by atoms with Crippen LogP contribution in [0.3, 0.4) is 0 Å². The van der Waals surface area contributed by atoms with E-state index < -0.39 is 32.5 Å². The number of hydrogen-bond donors (Lipinski definition) is 2. The first kappa shape index (κ1) is 45.7. The molecule has 0 aliphatic heterocycles. The van der Waals surface area contributed by atoms with Crippen LogP contribution in [0.1, 0.15) is 136 Å². The summed E-state index contributed by atoms with van der Waals surface area (Å²) < 4.78 is 32.4. The first-order valence-electron chi connectivity index (χ1n) is 18.3. The third-order valence-electron chi connectivity index (χ3n) is 7.17. The van der Waals surface area contributed by atoms with Crippen LogP contribution in [0.25, 0.3) is 0 Å². The number of phosphoric acid groups is 1. The first-order chi connectivity index (χ1) is 23.3. The number of unbranched alkanes of at least 4 members (excludes halogenated alkanes) is 10. The zero-order chi connectivity index (χ0) is 35.4. The van der Waals surface area contributed by atoms with Gasteiger partial charge in [-0.2, -0.15) is 0 Å². The first-order valence-corrected chi connectivity index (χ1v) is 19.8. The van der Waals surface area contributed by atoms with Crippen LogP contribution in [0.15, 0.2) is 60.8 Å². The largest absolute Gasteiger partial charge is 0.472 e. The molecule has 0 saturated heterocycles. The minimum Gasteiger partial charge on any atom is -0.462 e. The van der Waals surface area contributed by atoms with E-state index in [0.717, 1.165) is 44.9 Å². The van der Waals surface area contributed by atoms with Crippen LogP contribution in [-0.4, -0.2) is 49.3 Å². The van der Waals surface area contributed by atoms with Crippen LogP contribution >= 0.6 is 7.82 Å². The van der Waals surface area contributed by atoms with Crippen molar-refractivity contribution in [3.05, 3.63) is 60.8 Å². The highest BCUT2D eigenvalue weighted by Crippen LogP contribution is 2.43. The third kappa shape index (κ3) is 33.6. The number of allylic oxidation sites excluding steroid dienone is 10. The number of esters is 2. The van der Waals surface area contributed by atoms with Gasteiger partial charge in [0.15, 0.2) is 6.10 Å². The summed E-state index contributed by atoms with van der Waals surface area (Å²) in [6, 6.07) is 0. The Morgan fingerprint density at radius 1 is 0.625 bits per heavy atom. The average Bonchev–Trinajstić information content (AvgIpc) is 3.07. The molecular formula is C38H66NO8P. The van der Waals surface area contributed by atoms with Gasteiger partial charge in [0.1, 0.15) is 6.61 Å². The average molecular weight is 696 g/mol. The molecule has 276 valence electrons. The fourth-order valence-electron chi connectivity index (χ4n) is 4.44. The highest BCUT2D eigenvalue weighted by molar-refractivity contribution is 7.47. The van der Waals surface area contributed by atoms with Crippen molar-refractivity contribution in [2.24, 2.45) is 5.73 Å². The molecule has 0 aromatic carbocycles. The number of hydrogen-bond acceptors (Lipinski definition) is 8. The normalized spacial score (nSPS) is 14.2. The van der Waals surface area contributed by atoms with Gasteiger partial charge in [0.25, 0.3) is 0 Å². The van der Waals surface area contributed by atoms with E-state index in [0.29, 0.717) is 12.8 Å². The van der Waals surface area contributed by atoms with E-state index in [-0.39, 0.29) is 32.6 Å². The van der Waals surface area contributed by atoms with E-state index in [1.165, 1.54) is 51.4 Å². The summed E-state index contributed by atoms with van der Waals surface area (Å²) in [6.45, 7) is 3.55. The number of phosphoric ester groups is 1. The van der Waals surface area contributed by atoms with Gasteiger partial charge in [0.2, 0.25) is 0 Å². The Bertz CT molecular complexity index is 976. The molecule has 0 aromatic heterocycles. The van der Waals surface area contributed by atoms with Crippen molar-refractivity contribution in [3.8, 4) is 0 Å². The third-order valence-corrected chi connectivity index (χ3v) is 8.15. The molecule has 9 nitrogen and oxygen atoms in total. The number of ether oxygens (including phenoxy) is 2. The zero-order valence-electron chi connectivity index (χ0n) is 29.9. The Morgan fingerprint density at radius 2 is 1.12 bits per heavy atom. The smallest absolute Gasteiger partial charge is 0.462 e. The summed E-state index contributed by atoms with van der Waals surface area (Å²) in [5, 5.41) is 0. The topological polar surface area (TPSA) is 134 Å². The van der Waals surface area contributed by atoms with Crippen molar-refractivity contribution >= 4 is 19.8 Å². The molecule has 0 aliphatic carbocycles. The Labute approximate surface area is 291 Å². The molecule has 0 fully saturated rings. The predicted octanol–water partition coefficient (Wildman–Crippen LogP) is 9.77. The van der Waals surface area contributed by atoms with Gasteiger partial charge in [0.05, 0.1) is 13.2 Å². The number of carbonyl (C=O) groups is 2. The monoisotopic (exact) mass is 695 g/mol.